The molecule has 1 saturated carbocycles. The van der Waals surface area contributed by atoms with Crippen LogP contribution < -0.4 is 5.32 Å². The number of hydrogen-bond donors (Lipinski definition) is 1. The summed E-state index contributed by atoms with van der Waals surface area (Å²) >= 11 is 0. The third-order valence-electron chi connectivity index (χ3n) is 5.75. The van der Waals surface area contributed by atoms with Gasteiger partial charge < -0.3 is 5.32 Å². The fourth-order valence-corrected chi connectivity index (χ4v) is 4.74. The molecule has 1 heterocycles. The zero-order valence-electron chi connectivity index (χ0n) is 13.1. The first-order valence-corrected chi connectivity index (χ1v) is 8.28. The summed E-state index contributed by atoms with van der Waals surface area (Å²) in [6.45, 7) is 1.72. The van der Waals surface area contributed by atoms with Crippen LogP contribution >= 0.6 is 12.4 Å². The fourth-order valence-electron chi connectivity index (χ4n) is 4.74. The van der Waals surface area contributed by atoms with Crippen LogP contribution in [0, 0.1) is 11.8 Å². The summed E-state index contributed by atoms with van der Waals surface area (Å²) in [7, 11) is 0. The molecule has 1 aliphatic carbocycles. The molecule has 23 heavy (non-hydrogen) atoms. The van der Waals surface area contributed by atoms with Crippen LogP contribution in [0.15, 0.2) is 60.7 Å². The van der Waals surface area contributed by atoms with Crippen LogP contribution in [-0.2, 0) is 5.41 Å². The first-order chi connectivity index (χ1) is 10.8. The smallest absolute Gasteiger partial charge is 0.105 e. The molecule has 1 saturated heterocycles. The summed E-state index contributed by atoms with van der Waals surface area (Å²) in [6, 6.07) is 21.5. The van der Waals surface area contributed by atoms with Crippen molar-refractivity contribution in [3.63, 3.8) is 0 Å². The van der Waals surface area contributed by atoms with E-state index in [2.05, 4.69) is 66.0 Å². The summed E-state index contributed by atoms with van der Waals surface area (Å²) in [5.74, 6) is 0.468. The Morgan fingerprint density at radius 1 is 0.870 bits per heavy atom. The van der Waals surface area contributed by atoms with Gasteiger partial charge in [0.15, 0.2) is 0 Å². The average Bonchev–Trinajstić information content (AvgIpc) is 3.08. The molecule has 2 aromatic carbocycles. The highest BCUT2D eigenvalue weighted by molar-refractivity contribution is 5.85. The molecule has 0 spiro atoms. The minimum atomic E-state index is -0.666. The molecule has 2 aromatic rings. The van der Waals surface area contributed by atoms with Crippen molar-refractivity contribution in [2.45, 2.75) is 24.4 Å². The molecule has 0 aromatic heterocycles. The van der Waals surface area contributed by atoms with Crippen molar-refractivity contribution in [2.75, 3.05) is 13.1 Å². The van der Waals surface area contributed by atoms with Gasteiger partial charge in [-0.15, -0.1) is 12.4 Å². The van der Waals surface area contributed by atoms with E-state index in [9.17, 15) is 4.39 Å². The number of rotatable bonds is 2. The Bertz CT molecular complexity index is 591. The second kappa shape index (κ2) is 6.62. The lowest BCUT2D eigenvalue weighted by Crippen LogP contribution is -2.47. The quantitative estimate of drug-likeness (QED) is 0.862. The number of alkyl halides is 1. The zero-order valence-corrected chi connectivity index (χ0v) is 13.9. The van der Waals surface area contributed by atoms with Crippen LogP contribution in [0.2, 0.25) is 0 Å². The molecule has 0 unspecified atom stereocenters. The molecule has 0 amide bonds. The highest BCUT2D eigenvalue weighted by atomic mass is 35.5. The molecule has 1 nitrogen and oxygen atoms in total. The van der Waals surface area contributed by atoms with Crippen LogP contribution in [0.25, 0.3) is 0 Å². The predicted octanol–water partition coefficient (Wildman–Crippen LogP) is 4.36. The Hall–Kier alpha value is -1.38. The van der Waals surface area contributed by atoms with Gasteiger partial charge in [0.05, 0.1) is 0 Å². The summed E-state index contributed by atoms with van der Waals surface area (Å²) in [5, 5.41) is 3.45. The van der Waals surface area contributed by atoms with E-state index in [1.165, 1.54) is 11.1 Å². The van der Waals surface area contributed by atoms with E-state index in [1.807, 2.05) is 0 Å². The highest BCUT2D eigenvalue weighted by Crippen LogP contribution is 2.52. The van der Waals surface area contributed by atoms with Crippen molar-refractivity contribution in [3.8, 4) is 0 Å². The molecule has 4 rings (SSSR count). The zero-order chi connectivity index (χ0) is 15.0. The predicted molar refractivity (Wildman–Crippen MR) is 94.9 cm³/mol. The van der Waals surface area contributed by atoms with Crippen molar-refractivity contribution >= 4 is 12.4 Å². The lowest BCUT2D eigenvalue weighted by molar-refractivity contribution is 0.0883. The Balaban J connectivity index is 0.00000156. The molecule has 3 heteroatoms. The molecular weight excluding hydrogens is 309 g/mol. The van der Waals surface area contributed by atoms with Gasteiger partial charge in [-0.2, -0.15) is 0 Å². The van der Waals surface area contributed by atoms with Crippen LogP contribution in [0.4, 0.5) is 4.39 Å². The van der Waals surface area contributed by atoms with E-state index in [4.69, 9.17) is 0 Å². The van der Waals surface area contributed by atoms with Gasteiger partial charge in [0.25, 0.3) is 0 Å². The number of benzene rings is 2. The summed E-state index contributed by atoms with van der Waals surface area (Å²) in [6.07, 6.45) is 0.887. The second-order valence-corrected chi connectivity index (χ2v) is 6.69. The van der Waals surface area contributed by atoms with Crippen molar-refractivity contribution in [1.29, 1.82) is 0 Å². The van der Waals surface area contributed by atoms with E-state index in [1.54, 1.807) is 0 Å². The number of nitrogens with one attached hydrogen (secondary N) is 1. The van der Waals surface area contributed by atoms with Crippen molar-refractivity contribution < 1.29 is 4.39 Å². The van der Waals surface area contributed by atoms with Gasteiger partial charge >= 0.3 is 0 Å². The monoisotopic (exact) mass is 331 g/mol. The maximum absolute atomic E-state index is 14.5. The highest BCUT2D eigenvalue weighted by Gasteiger charge is 2.52. The van der Waals surface area contributed by atoms with Gasteiger partial charge in [-0.25, -0.2) is 4.39 Å². The maximum atomic E-state index is 14.5. The van der Waals surface area contributed by atoms with E-state index in [-0.39, 0.29) is 23.7 Å². The third-order valence-corrected chi connectivity index (χ3v) is 5.75. The lowest BCUT2D eigenvalue weighted by Gasteiger charge is -2.47. The van der Waals surface area contributed by atoms with Gasteiger partial charge in [0.2, 0.25) is 0 Å². The van der Waals surface area contributed by atoms with E-state index in [0.29, 0.717) is 12.3 Å². The molecule has 1 aliphatic heterocycles. The van der Waals surface area contributed by atoms with Crippen LogP contribution in [0.1, 0.15) is 24.0 Å². The van der Waals surface area contributed by atoms with Gasteiger partial charge in [0.1, 0.15) is 6.17 Å². The molecule has 0 radical (unpaired) electrons. The molecule has 2 aliphatic rings. The van der Waals surface area contributed by atoms with Crippen LogP contribution in [-0.4, -0.2) is 19.3 Å². The number of halogens is 2. The van der Waals surface area contributed by atoms with Gasteiger partial charge in [-0.3, -0.25) is 0 Å². The van der Waals surface area contributed by atoms with Crippen molar-refractivity contribution in [1.82, 2.24) is 5.32 Å². The number of fused-ring (bicyclic) bond motifs is 1. The topological polar surface area (TPSA) is 12.0 Å². The Morgan fingerprint density at radius 2 is 1.43 bits per heavy atom. The first-order valence-electron chi connectivity index (χ1n) is 8.28. The molecule has 3 atom stereocenters. The van der Waals surface area contributed by atoms with E-state index in [0.717, 1.165) is 19.5 Å². The fraction of sp³-hybridized carbons (Fsp3) is 0.400. The summed E-state index contributed by atoms with van der Waals surface area (Å²) in [4.78, 5) is 0. The minimum Gasteiger partial charge on any atom is -0.316 e. The maximum Gasteiger partial charge on any atom is 0.105 e. The van der Waals surface area contributed by atoms with Crippen LogP contribution in [0.5, 0.6) is 0 Å². The first kappa shape index (κ1) is 16.5. The normalized spacial score (nSPS) is 28.7. The molecule has 1 N–H and O–H groups in total. The Labute approximate surface area is 143 Å². The second-order valence-electron chi connectivity index (χ2n) is 6.69. The minimum absolute atomic E-state index is 0. The van der Waals surface area contributed by atoms with Crippen LogP contribution in [0.3, 0.4) is 0 Å². The standard InChI is InChI=1S/C20H22FN.ClH/c21-19-11-12-20(15-7-3-1-4-8-15,16-9-5-2-6-10-16)18-14-22-13-17(18)19;/h1-10,17-19,22H,11-14H2;1H/t17-,18+,19+;/m0./s1. The molecule has 2 fully saturated rings. The van der Waals surface area contributed by atoms with Gasteiger partial charge in [-0.05, 0) is 36.4 Å². The SMILES string of the molecule is Cl.F[C@@H]1CCC(c2ccccc2)(c2ccccc2)[C@@H]2CNC[C@H]12. The molecular formula is C20H23ClFN. The number of hydrogen-bond acceptors (Lipinski definition) is 1. The summed E-state index contributed by atoms with van der Waals surface area (Å²) < 4.78 is 14.5. The van der Waals surface area contributed by atoms with Crippen molar-refractivity contribution in [3.05, 3.63) is 71.8 Å². The van der Waals surface area contributed by atoms with E-state index < -0.39 is 6.17 Å². The molecule has 122 valence electrons. The largest absolute Gasteiger partial charge is 0.316 e. The Morgan fingerprint density at radius 3 is 2.00 bits per heavy atom. The summed E-state index contributed by atoms with van der Waals surface area (Å²) in [5.41, 5.74) is 2.62. The average molecular weight is 332 g/mol. The lowest BCUT2D eigenvalue weighted by atomic mass is 9.56. The van der Waals surface area contributed by atoms with E-state index >= 15 is 0 Å². The third kappa shape index (κ3) is 2.58. The molecule has 0 bridgehead atoms. The Kier molecular flexibility index (Phi) is 4.74. The van der Waals surface area contributed by atoms with Crippen molar-refractivity contribution in [2.24, 2.45) is 11.8 Å². The van der Waals surface area contributed by atoms with Gasteiger partial charge in [0, 0.05) is 17.9 Å². The van der Waals surface area contributed by atoms with Gasteiger partial charge in [-0.1, -0.05) is 60.7 Å².